The lowest BCUT2D eigenvalue weighted by atomic mass is 10.4. The van der Waals surface area contributed by atoms with E-state index in [1.54, 1.807) is 0 Å². The highest BCUT2D eigenvalue weighted by Gasteiger charge is 2.03. The third-order valence-electron chi connectivity index (χ3n) is 0.874. The molecule has 3 nitrogen and oxygen atoms in total. The van der Waals surface area contributed by atoms with Crippen molar-refractivity contribution in [1.82, 2.24) is 10.9 Å². The molecule has 0 aromatic rings. The molecule has 0 aliphatic carbocycles. The fraction of sp³-hybridized carbons (Fsp3) is 0.500. The molecule has 4 N–H and O–H groups in total. The van der Waals surface area contributed by atoms with Gasteiger partial charge in [-0.25, -0.2) is 5.43 Å². The summed E-state index contributed by atoms with van der Waals surface area (Å²) in [5, 5.41) is 0. The van der Waals surface area contributed by atoms with Crippen LogP contribution in [-0.2, 0) is 0 Å². The third kappa shape index (κ3) is 0.838. The summed E-state index contributed by atoms with van der Waals surface area (Å²) in [5.74, 6) is 0.715. The molecule has 1 unspecified atom stereocenters. The van der Waals surface area contributed by atoms with Crippen LogP contribution in [0.3, 0.4) is 0 Å². The van der Waals surface area contributed by atoms with Gasteiger partial charge in [0.05, 0.1) is 0 Å². The largest absolute Gasteiger partial charge is 0.385 e. The summed E-state index contributed by atoms with van der Waals surface area (Å²) in [6.07, 6.45) is 1.92. The standard InChI is InChI=1S/C4H9N3/c1-3-2-4(5)7-6-3/h2-3,6-7H,5H2,1H3. The maximum atomic E-state index is 5.31. The summed E-state index contributed by atoms with van der Waals surface area (Å²) in [6.45, 7) is 2.02. The van der Waals surface area contributed by atoms with Crippen molar-refractivity contribution < 1.29 is 0 Å². The quantitative estimate of drug-likeness (QED) is 0.376. The predicted octanol–water partition coefficient (Wildman–Crippen LogP) is -0.717. The van der Waals surface area contributed by atoms with Crippen molar-refractivity contribution in [3.63, 3.8) is 0 Å². The highest BCUT2D eigenvalue weighted by Crippen LogP contribution is 1.90. The number of hydrogen-bond donors (Lipinski definition) is 3. The van der Waals surface area contributed by atoms with Crippen molar-refractivity contribution in [2.45, 2.75) is 13.0 Å². The number of hydrazine groups is 1. The van der Waals surface area contributed by atoms with E-state index in [1.165, 1.54) is 0 Å². The molecule has 0 spiro atoms. The van der Waals surface area contributed by atoms with E-state index < -0.39 is 0 Å². The molecule has 1 aliphatic rings. The van der Waals surface area contributed by atoms with Crippen molar-refractivity contribution in [2.75, 3.05) is 0 Å². The molecule has 0 radical (unpaired) electrons. The fourth-order valence-corrected chi connectivity index (χ4v) is 0.550. The summed E-state index contributed by atoms with van der Waals surface area (Å²) in [7, 11) is 0. The molecule has 0 amide bonds. The summed E-state index contributed by atoms with van der Waals surface area (Å²) >= 11 is 0. The molecule has 40 valence electrons. The Balaban J connectivity index is 2.50. The lowest BCUT2D eigenvalue weighted by Gasteiger charge is -1.97. The topological polar surface area (TPSA) is 50.1 Å². The molecule has 0 aromatic carbocycles. The van der Waals surface area contributed by atoms with Crippen molar-refractivity contribution in [3.8, 4) is 0 Å². The van der Waals surface area contributed by atoms with Gasteiger partial charge in [-0.2, -0.15) is 0 Å². The van der Waals surface area contributed by atoms with E-state index in [4.69, 9.17) is 5.73 Å². The summed E-state index contributed by atoms with van der Waals surface area (Å²) in [5.41, 5.74) is 11.0. The second kappa shape index (κ2) is 1.42. The molecule has 1 rings (SSSR count). The SMILES string of the molecule is CC1C=C(N)NN1. The van der Waals surface area contributed by atoms with Crippen LogP contribution in [0.4, 0.5) is 0 Å². The van der Waals surface area contributed by atoms with Gasteiger partial charge >= 0.3 is 0 Å². The van der Waals surface area contributed by atoms with Crippen LogP contribution in [0.5, 0.6) is 0 Å². The van der Waals surface area contributed by atoms with Crippen molar-refractivity contribution in [3.05, 3.63) is 11.9 Å². The lowest BCUT2D eigenvalue weighted by molar-refractivity contribution is 0.605. The van der Waals surface area contributed by atoms with E-state index in [0.29, 0.717) is 11.9 Å². The molecule has 3 heteroatoms. The summed E-state index contributed by atoms with van der Waals surface area (Å²) < 4.78 is 0. The molecule has 1 aliphatic heterocycles. The molecule has 1 heterocycles. The third-order valence-corrected chi connectivity index (χ3v) is 0.874. The first-order chi connectivity index (χ1) is 3.29. The van der Waals surface area contributed by atoms with Crippen LogP contribution >= 0.6 is 0 Å². The first-order valence-electron chi connectivity index (χ1n) is 2.28. The molecule has 0 saturated carbocycles. The van der Waals surface area contributed by atoms with Crippen LogP contribution in [0.2, 0.25) is 0 Å². The molecule has 1 atom stereocenters. The van der Waals surface area contributed by atoms with Gasteiger partial charge in [0.25, 0.3) is 0 Å². The number of nitrogens with one attached hydrogen (secondary N) is 2. The van der Waals surface area contributed by atoms with Gasteiger partial charge < -0.3 is 11.2 Å². The van der Waals surface area contributed by atoms with Crippen molar-refractivity contribution >= 4 is 0 Å². The zero-order chi connectivity index (χ0) is 5.28. The van der Waals surface area contributed by atoms with E-state index >= 15 is 0 Å². The lowest BCUT2D eigenvalue weighted by Crippen LogP contribution is -2.31. The van der Waals surface area contributed by atoms with Gasteiger partial charge in [0.1, 0.15) is 5.82 Å². The van der Waals surface area contributed by atoms with Crippen LogP contribution in [0.15, 0.2) is 11.9 Å². The molecular formula is C4H9N3. The van der Waals surface area contributed by atoms with Crippen LogP contribution in [-0.4, -0.2) is 6.04 Å². The maximum absolute atomic E-state index is 5.31. The second-order valence-electron chi connectivity index (χ2n) is 1.68. The van der Waals surface area contributed by atoms with Crippen LogP contribution in [0, 0.1) is 0 Å². The van der Waals surface area contributed by atoms with Gasteiger partial charge in [-0.05, 0) is 13.0 Å². The monoisotopic (exact) mass is 99.1 g/mol. The molecule has 0 aromatic heterocycles. The van der Waals surface area contributed by atoms with E-state index in [9.17, 15) is 0 Å². The van der Waals surface area contributed by atoms with E-state index in [2.05, 4.69) is 10.9 Å². The average Bonchev–Trinajstić information content (AvgIpc) is 1.87. The van der Waals surface area contributed by atoms with Gasteiger partial charge in [-0.15, -0.1) is 0 Å². The zero-order valence-corrected chi connectivity index (χ0v) is 4.23. The van der Waals surface area contributed by atoms with Crippen molar-refractivity contribution in [1.29, 1.82) is 0 Å². The zero-order valence-electron chi connectivity index (χ0n) is 4.23. The van der Waals surface area contributed by atoms with Gasteiger partial charge in [0, 0.05) is 6.04 Å². The van der Waals surface area contributed by atoms with E-state index in [0.717, 1.165) is 0 Å². The smallest absolute Gasteiger partial charge is 0.108 e. The maximum Gasteiger partial charge on any atom is 0.108 e. The molecule has 0 saturated heterocycles. The first kappa shape index (κ1) is 4.46. The molecule has 0 fully saturated rings. The Hall–Kier alpha value is -0.700. The Kier molecular flexibility index (Phi) is 0.906. The Labute approximate surface area is 42.5 Å². The minimum absolute atomic E-state index is 0.375. The minimum Gasteiger partial charge on any atom is -0.385 e. The summed E-state index contributed by atoms with van der Waals surface area (Å²) in [6, 6.07) is 0.375. The van der Waals surface area contributed by atoms with Crippen LogP contribution < -0.4 is 16.6 Å². The first-order valence-corrected chi connectivity index (χ1v) is 2.28. The van der Waals surface area contributed by atoms with Gasteiger partial charge in [-0.1, -0.05) is 0 Å². The van der Waals surface area contributed by atoms with Gasteiger partial charge in [0.15, 0.2) is 0 Å². The van der Waals surface area contributed by atoms with Gasteiger partial charge in [0.2, 0.25) is 0 Å². The van der Waals surface area contributed by atoms with E-state index in [-0.39, 0.29) is 0 Å². The Bertz CT molecular complexity index is 97.1. The number of nitrogens with two attached hydrogens (primary N) is 1. The van der Waals surface area contributed by atoms with E-state index in [1.807, 2.05) is 13.0 Å². The molecule has 0 bridgehead atoms. The number of rotatable bonds is 0. The Morgan fingerprint density at radius 3 is 2.71 bits per heavy atom. The highest BCUT2D eigenvalue weighted by molar-refractivity contribution is 5.04. The normalized spacial score (nSPS) is 29.3. The predicted molar refractivity (Wildman–Crippen MR) is 28.0 cm³/mol. The minimum atomic E-state index is 0.375. The fourth-order valence-electron chi connectivity index (χ4n) is 0.550. The second-order valence-corrected chi connectivity index (χ2v) is 1.68. The Morgan fingerprint density at radius 2 is 2.57 bits per heavy atom. The Morgan fingerprint density at radius 1 is 1.86 bits per heavy atom. The molecule has 7 heavy (non-hydrogen) atoms. The van der Waals surface area contributed by atoms with Crippen LogP contribution in [0.1, 0.15) is 6.92 Å². The average molecular weight is 99.1 g/mol. The summed E-state index contributed by atoms with van der Waals surface area (Å²) in [4.78, 5) is 0. The highest BCUT2D eigenvalue weighted by atomic mass is 15.4. The van der Waals surface area contributed by atoms with Crippen molar-refractivity contribution in [2.24, 2.45) is 5.73 Å². The van der Waals surface area contributed by atoms with Crippen LogP contribution in [0.25, 0.3) is 0 Å². The van der Waals surface area contributed by atoms with Gasteiger partial charge in [-0.3, -0.25) is 0 Å². The molecular weight excluding hydrogens is 90.1 g/mol. The number of hydrogen-bond acceptors (Lipinski definition) is 3.